The molecule has 1 aliphatic rings. The van der Waals surface area contributed by atoms with Crippen molar-refractivity contribution in [2.75, 3.05) is 32.1 Å². The van der Waals surface area contributed by atoms with E-state index in [0.29, 0.717) is 31.1 Å². The highest BCUT2D eigenvalue weighted by Gasteiger charge is 2.27. The molecule has 142 valence electrons. The molecule has 28 heavy (non-hydrogen) atoms. The summed E-state index contributed by atoms with van der Waals surface area (Å²) in [5.74, 6) is 0.628. The van der Waals surface area contributed by atoms with Gasteiger partial charge in [0, 0.05) is 55.1 Å². The van der Waals surface area contributed by atoms with Crippen molar-refractivity contribution >= 4 is 11.7 Å². The third-order valence-corrected chi connectivity index (χ3v) is 4.63. The number of ether oxygens (including phenoxy) is 1. The summed E-state index contributed by atoms with van der Waals surface area (Å²) in [5, 5.41) is 2.95. The van der Waals surface area contributed by atoms with E-state index in [1.54, 1.807) is 48.9 Å². The van der Waals surface area contributed by atoms with Gasteiger partial charge in [0.05, 0.1) is 18.8 Å². The van der Waals surface area contributed by atoms with Gasteiger partial charge in [-0.05, 0) is 18.2 Å². The zero-order valence-corrected chi connectivity index (χ0v) is 15.4. The number of pyridine rings is 2. The Kier molecular flexibility index (Phi) is 5.20. The van der Waals surface area contributed by atoms with Crippen LogP contribution in [0.3, 0.4) is 0 Å². The summed E-state index contributed by atoms with van der Waals surface area (Å²) in [7, 11) is 1.78. The van der Waals surface area contributed by atoms with Gasteiger partial charge in [-0.2, -0.15) is 0 Å². The van der Waals surface area contributed by atoms with Crippen LogP contribution in [-0.4, -0.2) is 57.5 Å². The molecule has 1 aliphatic heterocycles. The molecule has 0 aliphatic carbocycles. The van der Waals surface area contributed by atoms with Crippen molar-refractivity contribution in [3.63, 3.8) is 0 Å². The van der Waals surface area contributed by atoms with Gasteiger partial charge in [0.15, 0.2) is 0 Å². The molecule has 0 bridgehead atoms. The summed E-state index contributed by atoms with van der Waals surface area (Å²) in [6.45, 7) is 1.47. The molecule has 4 heterocycles. The Morgan fingerprint density at radius 1 is 1.14 bits per heavy atom. The predicted molar refractivity (Wildman–Crippen MR) is 104 cm³/mol. The van der Waals surface area contributed by atoms with E-state index in [0.717, 1.165) is 16.8 Å². The number of nitrogens with one attached hydrogen (secondary N) is 1. The van der Waals surface area contributed by atoms with Crippen LogP contribution in [0.25, 0.3) is 11.1 Å². The van der Waals surface area contributed by atoms with Gasteiger partial charge in [-0.1, -0.05) is 6.07 Å². The number of nitrogens with zero attached hydrogens (tertiary/aromatic N) is 5. The van der Waals surface area contributed by atoms with E-state index in [1.165, 1.54) is 6.33 Å². The van der Waals surface area contributed by atoms with E-state index in [1.807, 2.05) is 12.1 Å². The van der Waals surface area contributed by atoms with Crippen molar-refractivity contribution in [1.29, 1.82) is 0 Å². The Bertz CT molecular complexity index is 948. The minimum Gasteiger partial charge on any atom is -0.373 e. The molecular formula is C20H20N6O2. The normalized spacial score (nSPS) is 16.6. The Labute approximate surface area is 162 Å². The monoisotopic (exact) mass is 376 g/mol. The van der Waals surface area contributed by atoms with Gasteiger partial charge in [0.25, 0.3) is 5.91 Å². The molecule has 1 atom stereocenters. The van der Waals surface area contributed by atoms with Crippen LogP contribution in [0.5, 0.6) is 0 Å². The van der Waals surface area contributed by atoms with Crippen LogP contribution >= 0.6 is 0 Å². The second-order valence-electron chi connectivity index (χ2n) is 6.39. The maximum Gasteiger partial charge on any atom is 0.254 e. The van der Waals surface area contributed by atoms with Crippen LogP contribution in [0.1, 0.15) is 22.2 Å². The van der Waals surface area contributed by atoms with Crippen molar-refractivity contribution in [2.45, 2.75) is 6.10 Å². The van der Waals surface area contributed by atoms with E-state index in [9.17, 15) is 4.79 Å². The first-order chi connectivity index (χ1) is 13.7. The number of anilines is 1. The molecular weight excluding hydrogens is 356 g/mol. The zero-order chi connectivity index (χ0) is 19.3. The quantitative estimate of drug-likeness (QED) is 0.746. The van der Waals surface area contributed by atoms with E-state index in [2.05, 4.69) is 25.3 Å². The summed E-state index contributed by atoms with van der Waals surface area (Å²) >= 11 is 0. The highest BCUT2D eigenvalue weighted by atomic mass is 16.5. The highest BCUT2D eigenvalue weighted by molar-refractivity contribution is 5.94. The number of hydrogen-bond donors (Lipinski definition) is 1. The minimum absolute atomic E-state index is 0.0368. The van der Waals surface area contributed by atoms with Gasteiger partial charge in [-0.15, -0.1) is 0 Å². The van der Waals surface area contributed by atoms with Crippen molar-refractivity contribution < 1.29 is 9.53 Å². The van der Waals surface area contributed by atoms with Gasteiger partial charge >= 0.3 is 0 Å². The lowest BCUT2D eigenvalue weighted by molar-refractivity contribution is -0.0247. The summed E-state index contributed by atoms with van der Waals surface area (Å²) in [4.78, 5) is 31.4. The van der Waals surface area contributed by atoms with Crippen LogP contribution in [0, 0.1) is 0 Å². The summed E-state index contributed by atoms with van der Waals surface area (Å²) in [5.41, 5.74) is 3.24. The first-order valence-electron chi connectivity index (χ1n) is 9.00. The van der Waals surface area contributed by atoms with Gasteiger partial charge in [-0.25, -0.2) is 15.0 Å². The lowest BCUT2D eigenvalue weighted by atomic mass is 10.1. The lowest BCUT2D eigenvalue weighted by Crippen LogP contribution is -2.42. The van der Waals surface area contributed by atoms with Crippen molar-refractivity contribution in [2.24, 2.45) is 0 Å². The second-order valence-corrected chi connectivity index (χ2v) is 6.39. The standard InChI is InChI=1S/C20H20N6O2/c1-21-19-8-14(4-5-24-19)20(27)26-6-7-28-18(12-26)17-3-2-15(11-25-17)16-9-22-13-23-10-16/h2-5,8-11,13,18H,6-7,12H2,1H3,(H,21,24)/t18-/m1/s1. The maximum absolute atomic E-state index is 12.9. The maximum atomic E-state index is 12.9. The predicted octanol–water partition coefficient (Wildman–Crippen LogP) is 2.19. The number of carbonyl (C=O) groups is 1. The molecule has 8 nitrogen and oxygen atoms in total. The van der Waals surface area contributed by atoms with Crippen LogP contribution in [0.4, 0.5) is 5.82 Å². The molecule has 1 saturated heterocycles. The van der Waals surface area contributed by atoms with Gasteiger partial charge in [-0.3, -0.25) is 9.78 Å². The lowest BCUT2D eigenvalue weighted by Gasteiger charge is -2.32. The largest absolute Gasteiger partial charge is 0.373 e. The first-order valence-corrected chi connectivity index (χ1v) is 9.00. The Morgan fingerprint density at radius 3 is 2.75 bits per heavy atom. The molecule has 4 rings (SSSR count). The average Bonchev–Trinajstić information content (AvgIpc) is 2.79. The Morgan fingerprint density at radius 2 is 2.00 bits per heavy atom. The van der Waals surface area contributed by atoms with Crippen LogP contribution in [-0.2, 0) is 4.74 Å². The molecule has 0 radical (unpaired) electrons. The average molecular weight is 376 g/mol. The zero-order valence-electron chi connectivity index (χ0n) is 15.4. The summed E-state index contributed by atoms with van der Waals surface area (Å²) in [6, 6.07) is 7.37. The Balaban J connectivity index is 1.48. The van der Waals surface area contributed by atoms with Crippen molar-refractivity contribution in [1.82, 2.24) is 24.8 Å². The molecule has 8 heteroatoms. The molecule has 0 unspecified atom stereocenters. The van der Waals surface area contributed by atoms with E-state index in [4.69, 9.17) is 4.74 Å². The second kappa shape index (κ2) is 8.10. The fraction of sp³-hybridized carbons (Fsp3) is 0.250. The number of carbonyl (C=O) groups excluding carboxylic acids is 1. The molecule has 3 aromatic heterocycles. The number of rotatable bonds is 4. The van der Waals surface area contributed by atoms with Gasteiger partial charge in [0.1, 0.15) is 18.2 Å². The molecule has 1 fully saturated rings. The summed E-state index contributed by atoms with van der Waals surface area (Å²) in [6.07, 6.45) is 8.13. The first kappa shape index (κ1) is 18.0. The number of hydrogen-bond acceptors (Lipinski definition) is 7. The summed E-state index contributed by atoms with van der Waals surface area (Å²) < 4.78 is 5.86. The van der Waals surface area contributed by atoms with Crippen molar-refractivity contribution in [3.05, 3.63) is 66.6 Å². The van der Waals surface area contributed by atoms with E-state index < -0.39 is 0 Å². The Hall–Kier alpha value is -3.39. The van der Waals surface area contributed by atoms with E-state index >= 15 is 0 Å². The fourth-order valence-corrected chi connectivity index (χ4v) is 3.11. The van der Waals surface area contributed by atoms with Gasteiger partial charge < -0.3 is 15.0 Å². The molecule has 0 saturated carbocycles. The number of amides is 1. The molecule has 1 amide bonds. The van der Waals surface area contributed by atoms with E-state index in [-0.39, 0.29) is 12.0 Å². The van der Waals surface area contributed by atoms with Crippen LogP contribution < -0.4 is 5.32 Å². The van der Waals surface area contributed by atoms with Crippen molar-refractivity contribution in [3.8, 4) is 11.1 Å². The fourth-order valence-electron chi connectivity index (χ4n) is 3.11. The number of morpholine rings is 1. The molecule has 0 spiro atoms. The minimum atomic E-state index is -0.260. The highest BCUT2D eigenvalue weighted by Crippen LogP contribution is 2.24. The smallest absolute Gasteiger partial charge is 0.254 e. The third kappa shape index (κ3) is 3.81. The van der Waals surface area contributed by atoms with Gasteiger partial charge in [0.2, 0.25) is 0 Å². The number of aromatic nitrogens is 4. The molecule has 3 aromatic rings. The molecule has 0 aromatic carbocycles. The van der Waals surface area contributed by atoms with Crippen LogP contribution in [0.2, 0.25) is 0 Å². The SMILES string of the molecule is CNc1cc(C(=O)N2CCO[C@@H](c3ccc(-c4cncnc4)cn3)C2)ccn1. The topological polar surface area (TPSA) is 93.1 Å². The van der Waals surface area contributed by atoms with Crippen LogP contribution in [0.15, 0.2) is 55.4 Å². The molecule has 1 N–H and O–H groups in total. The third-order valence-electron chi connectivity index (χ3n) is 4.63.